The summed E-state index contributed by atoms with van der Waals surface area (Å²) in [6.07, 6.45) is 13.3. The van der Waals surface area contributed by atoms with Crippen molar-refractivity contribution < 1.29 is 5.11 Å². The van der Waals surface area contributed by atoms with Gasteiger partial charge in [0.05, 0.1) is 47.6 Å². The average Bonchev–Trinajstić information content (AvgIpc) is 3.55. The number of fused-ring (bicyclic) bond motifs is 1. The lowest BCUT2D eigenvalue weighted by Gasteiger charge is -2.14. The molecule has 4 heterocycles. The molecule has 0 aliphatic carbocycles. The number of rotatable bonds is 10. The van der Waals surface area contributed by atoms with E-state index in [2.05, 4.69) is 34.3 Å². The van der Waals surface area contributed by atoms with E-state index in [1.165, 1.54) is 6.21 Å². The fourth-order valence-electron chi connectivity index (χ4n) is 4.21. The molecule has 0 bridgehead atoms. The Labute approximate surface area is 188 Å². The van der Waals surface area contributed by atoms with Gasteiger partial charge in [0.2, 0.25) is 0 Å². The SMILES string of the molecule is CCC(CC)n1cc(-c2nc(/C(C=N)=C/NCCN3CCC(O)C3)cn3nccc23)cn1. The summed E-state index contributed by atoms with van der Waals surface area (Å²) >= 11 is 0. The third kappa shape index (κ3) is 4.73. The number of aliphatic hydroxyl groups excluding tert-OH is 1. The third-order valence-electron chi connectivity index (χ3n) is 6.11. The van der Waals surface area contributed by atoms with E-state index in [1.807, 2.05) is 35.5 Å². The molecular formula is C23H32N8O. The summed E-state index contributed by atoms with van der Waals surface area (Å²) < 4.78 is 3.82. The Morgan fingerprint density at radius 2 is 2.16 bits per heavy atom. The summed E-state index contributed by atoms with van der Waals surface area (Å²) in [6.45, 7) is 7.59. The quantitative estimate of drug-likeness (QED) is 0.333. The second-order valence-electron chi connectivity index (χ2n) is 8.26. The third-order valence-corrected chi connectivity index (χ3v) is 6.11. The zero-order valence-electron chi connectivity index (χ0n) is 18.8. The molecule has 1 aliphatic heterocycles. The van der Waals surface area contributed by atoms with Crippen LogP contribution < -0.4 is 5.32 Å². The molecule has 1 aliphatic rings. The van der Waals surface area contributed by atoms with Gasteiger partial charge >= 0.3 is 0 Å². The van der Waals surface area contributed by atoms with Crippen LogP contribution in [0, 0.1) is 5.41 Å². The molecule has 32 heavy (non-hydrogen) atoms. The van der Waals surface area contributed by atoms with Gasteiger partial charge in [-0.2, -0.15) is 10.2 Å². The largest absolute Gasteiger partial charge is 0.392 e. The van der Waals surface area contributed by atoms with E-state index >= 15 is 0 Å². The Balaban J connectivity index is 1.57. The van der Waals surface area contributed by atoms with Crippen molar-refractivity contribution in [3.05, 3.63) is 42.7 Å². The van der Waals surface area contributed by atoms with Crippen molar-refractivity contribution in [3.8, 4) is 11.3 Å². The molecule has 0 amide bonds. The van der Waals surface area contributed by atoms with Crippen molar-refractivity contribution in [2.75, 3.05) is 26.2 Å². The maximum Gasteiger partial charge on any atom is 0.0999 e. The van der Waals surface area contributed by atoms with Crippen molar-refractivity contribution in [2.45, 2.75) is 45.3 Å². The average molecular weight is 437 g/mol. The minimum absolute atomic E-state index is 0.208. The highest BCUT2D eigenvalue weighted by Gasteiger charge is 2.19. The van der Waals surface area contributed by atoms with Gasteiger partial charge in [-0.1, -0.05) is 13.8 Å². The number of hydrogen-bond donors (Lipinski definition) is 3. The Morgan fingerprint density at radius 1 is 1.31 bits per heavy atom. The number of hydrogen-bond acceptors (Lipinski definition) is 7. The standard InChI is InChI=1S/C23H32N8O/c1-3-19(4-2)30-14-18(13-27-30)23-22-5-7-26-31(22)16-21(28-23)17(11-24)12-25-8-10-29-9-6-20(32)15-29/h5,7,11-14,16,19-20,24-25,32H,3-4,6,8-10,15H2,1-2H3/b17-12+,24-11?. The summed E-state index contributed by atoms with van der Waals surface area (Å²) in [5.41, 5.74) is 4.00. The van der Waals surface area contributed by atoms with Gasteiger partial charge in [-0.15, -0.1) is 0 Å². The molecule has 1 unspecified atom stereocenters. The molecule has 0 aromatic carbocycles. The molecule has 0 radical (unpaired) electrons. The van der Waals surface area contributed by atoms with E-state index in [0.29, 0.717) is 17.3 Å². The fourth-order valence-corrected chi connectivity index (χ4v) is 4.21. The number of aliphatic hydroxyl groups is 1. The summed E-state index contributed by atoms with van der Waals surface area (Å²) in [5, 5.41) is 29.8. The van der Waals surface area contributed by atoms with Crippen molar-refractivity contribution in [3.63, 3.8) is 0 Å². The van der Waals surface area contributed by atoms with Gasteiger partial charge in [0.1, 0.15) is 0 Å². The van der Waals surface area contributed by atoms with Gasteiger partial charge in [-0.25, -0.2) is 9.50 Å². The van der Waals surface area contributed by atoms with Gasteiger partial charge in [-0.3, -0.25) is 9.58 Å². The number of likely N-dealkylation sites (tertiary alicyclic amines) is 1. The number of aromatic nitrogens is 5. The number of β-amino-alcohol motifs (C(OH)–C–C–N with tert-alkyl or cyclic N) is 1. The van der Waals surface area contributed by atoms with Crippen molar-refractivity contribution in [1.29, 1.82) is 5.41 Å². The van der Waals surface area contributed by atoms with E-state index in [9.17, 15) is 5.11 Å². The lowest BCUT2D eigenvalue weighted by atomic mass is 10.1. The molecule has 9 nitrogen and oxygen atoms in total. The van der Waals surface area contributed by atoms with E-state index in [1.54, 1.807) is 10.7 Å². The van der Waals surface area contributed by atoms with Crippen LogP contribution in [0.1, 0.15) is 44.8 Å². The molecule has 1 saturated heterocycles. The molecule has 4 rings (SSSR count). The van der Waals surface area contributed by atoms with Gasteiger partial charge < -0.3 is 15.8 Å². The first-order valence-electron chi connectivity index (χ1n) is 11.4. The van der Waals surface area contributed by atoms with Crippen LogP contribution in [0.25, 0.3) is 22.3 Å². The van der Waals surface area contributed by atoms with Crippen LogP contribution in [0.5, 0.6) is 0 Å². The van der Waals surface area contributed by atoms with Gasteiger partial charge in [-0.05, 0) is 25.3 Å². The van der Waals surface area contributed by atoms with Crippen LogP contribution in [0.15, 0.2) is 37.1 Å². The van der Waals surface area contributed by atoms with E-state index in [-0.39, 0.29) is 6.10 Å². The van der Waals surface area contributed by atoms with Crippen LogP contribution >= 0.6 is 0 Å². The highest BCUT2D eigenvalue weighted by atomic mass is 16.3. The lowest BCUT2D eigenvalue weighted by Crippen LogP contribution is -2.29. The van der Waals surface area contributed by atoms with Gasteiger partial charge in [0.25, 0.3) is 0 Å². The molecule has 3 aromatic heterocycles. The van der Waals surface area contributed by atoms with Crippen LogP contribution in [0.3, 0.4) is 0 Å². The summed E-state index contributed by atoms with van der Waals surface area (Å²) in [5.74, 6) is 0. The van der Waals surface area contributed by atoms with Crippen molar-refractivity contribution in [2.24, 2.45) is 0 Å². The number of allylic oxidation sites excluding steroid dienone is 1. The van der Waals surface area contributed by atoms with E-state index in [0.717, 1.165) is 62.2 Å². The first kappa shape index (κ1) is 22.2. The smallest absolute Gasteiger partial charge is 0.0999 e. The molecule has 170 valence electrons. The summed E-state index contributed by atoms with van der Waals surface area (Å²) in [7, 11) is 0. The highest BCUT2D eigenvalue weighted by Crippen LogP contribution is 2.26. The topological polar surface area (TPSA) is 107 Å². The predicted molar refractivity (Wildman–Crippen MR) is 126 cm³/mol. The molecular weight excluding hydrogens is 404 g/mol. The molecule has 0 spiro atoms. The first-order chi connectivity index (χ1) is 15.6. The number of nitrogens with zero attached hydrogens (tertiary/aromatic N) is 6. The lowest BCUT2D eigenvalue weighted by molar-refractivity contribution is 0.177. The maximum absolute atomic E-state index is 9.65. The molecule has 3 N–H and O–H groups in total. The summed E-state index contributed by atoms with van der Waals surface area (Å²) in [6, 6.07) is 2.31. The van der Waals surface area contributed by atoms with E-state index in [4.69, 9.17) is 10.4 Å². The first-order valence-corrected chi connectivity index (χ1v) is 11.4. The Bertz CT molecular complexity index is 1080. The van der Waals surface area contributed by atoms with Crippen LogP contribution in [0.4, 0.5) is 0 Å². The minimum Gasteiger partial charge on any atom is -0.392 e. The monoisotopic (exact) mass is 436 g/mol. The minimum atomic E-state index is -0.208. The second kappa shape index (κ2) is 10.1. The van der Waals surface area contributed by atoms with Crippen LogP contribution in [-0.4, -0.2) is 72.9 Å². The molecule has 1 fully saturated rings. The van der Waals surface area contributed by atoms with Gasteiger partial charge in [0.15, 0.2) is 0 Å². The van der Waals surface area contributed by atoms with Crippen LogP contribution in [0.2, 0.25) is 0 Å². The fraction of sp³-hybridized carbons (Fsp3) is 0.478. The zero-order valence-corrected chi connectivity index (χ0v) is 18.8. The zero-order chi connectivity index (χ0) is 22.5. The Morgan fingerprint density at radius 3 is 2.88 bits per heavy atom. The maximum atomic E-state index is 9.65. The Hall–Kier alpha value is -3.04. The number of nitrogens with one attached hydrogen (secondary N) is 2. The Kier molecular flexibility index (Phi) is 6.96. The molecule has 9 heteroatoms. The van der Waals surface area contributed by atoms with Crippen molar-refractivity contribution >= 4 is 17.3 Å². The highest BCUT2D eigenvalue weighted by molar-refractivity contribution is 6.07. The predicted octanol–water partition coefficient (Wildman–Crippen LogP) is 2.60. The second-order valence-corrected chi connectivity index (χ2v) is 8.26. The summed E-state index contributed by atoms with van der Waals surface area (Å²) in [4.78, 5) is 7.12. The van der Waals surface area contributed by atoms with Crippen molar-refractivity contribution in [1.82, 2.24) is 34.6 Å². The molecule has 0 saturated carbocycles. The molecule has 1 atom stereocenters. The molecule has 3 aromatic rings. The van der Waals surface area contributed by atoms with Gasteiger partial charge in [0, 0.05) is 55.9 Å². The normalized spacial score (nSPS) is 17.5. The van der Waals surface area contributed by atoms with E-state index < -0.39 is 0 Å². The van der Waals surface area contributed by atoms with Crippen LogP contribution in [-0.2, 0) is 0 Å².